The molecule has 0 N–H and O–H groups in total. The summed E-state index contributed by atoms with van der Waals surface area (Å²) in [6.07, 6.45) is 6.45. The van der Waals surface area contributed by atoms with Gasteiger partial charge in [0.15, 0.2) is 5.76 Å². The molecule has 2 aromatic heterocycles. The standard InChI is InChI=1S/C20H21N3O3/c1-24-16-4-2-15(3-5-16)19-12-22-20(26-19)14-23-11-8-18(13-23)25-17-6-9-21-10-7-17/h2-7,9-10,12,18H,8,11,13-14H2,1H3. The zero-order valence-electron chi connectivity index (χ0n) is 14.7. The van der Waals surface area contributed by atoms with Crippen LogP contribution in [0.2, 0.25) is 0 Å². The number of pyridine rings is 1. The molecule has 1 aromatic carbocycles. The van der Waals surface area contributed by atoms with Crippen LogP contribution in [0.15, 0.2) is 59.4 Å². The van der Waals surface area contributed by atoms with Crippen molar-refractivity contribution in [2.45, 2.75) is 19.1 Å². The van der Waals surface area contributed by atoms with Gasteiger partial charge in [-0.25, -0.2) is 4.98 Å². The number of nitrogens with zero attached hydrogens (tertiary/aromatic N) is 3. The Hall–Kier alpha value is -2.86. The summed E-state index contributed by atoms with van der Waals surface area (Å²) in [6.45, 7) is 2.52. The molecule has 1 fully saturated rings. The van der Waals surface area contributed by atoms with E-state index in [1.54, 1.807) is 25.7 Å². The Labute approximate surface area is 152 Å². The van der Waals surface area contributed by atoms with Gasteiger partial charge in [0, 0.05) is 31.0 Å². The van der Waals surface area contributed by atoms with Gasteiger partial charge >= 0.3 is 0 Å². The molecule has 1 unspecified atom stereocenters. The van der Waals surface area contributed by atoms with Gasteiger partial charge in [0.05, 0.1) is 19.9 Å². The molecule has 1 aliphatic rings. The summed E-state index contributed by atoms with van der Waals surface area (Å²) in [5.74, 6) is 3.18. The average Bonchev–Trinajstić information content (AvgIpc) is 3.33. The molecule has 0 bridgehead atoms. The summed E-state index contributed by atoms with van der Waals surface area (Å²) in [5, 5.41) is 0. The van der Waals surface area contributed by atoms with Crippen LogP contribution in [0.1, 0.15) is 12.3 Å². The van der Waals surface area contributed by atoms with Crippen LogP contribution in [0.3, 0.4) is 0 Å². The molecule has 6 heteroatoms. The first-order valence-corrected chi connectivity index (χ1v) is 8.68. The SMILES string of the molecule is COc1ccc(-c2cnc(CN3CCC(Oc4ccncc4)C3)o2)cc1. The minimum Gasteiger partial charge on any atom is -0.497 e. The van der Waals surface area contributed by atoms with Crippen molar-refractivity contribution in [2.24, 2.45) is 0 Å². The summed E-state index contributed by atoms with van der Waals surface area (Å²) in [5.41, 5.74) is 0.991. The van der Waals surface area contributed by atoms with Crippen LogP contribution < -0.4 is 9.47 Å². The summed E-state index contributed by atoms with van der Waals surface area (Å²) in [7, 11) is 1.66. The highest BCUT2D eigenvalue weighted by atomic mass is 16.5. The Morgan fingerprint density at radius 1 is 1.12 bits per heavy atom. The number of benzene rings is 1. The second-order valence-electron chi connectivity index (χ2n) is 6.29. The molecule has 4 rings (SSSR count). The van der Waals surface area contributed by atoms with E-state index in [4.69, 9.17) is 13.9 Å². The molecule has 0 saturated carbocycles. The lowest BCUT2D eigenvalue weighted by atomic mass is 10.2. The molecule has 0 radical (unpaired) electrons. The Balaban J connectivity index is 1.34. The van der Waals surface area contributed by atoms with Gasteiger partial charge in [-0.2, -0.15) is 0 Å². The van der Waals surface area contributed by atoms with Crippen LogP contribution >= 0.6 is 0 Å². The van der Waals surface area contributed by atoms with E-state index in [9.17, 15) is 0 Å². The van der Waals surface area contributed by atoms with Crippen molar-refractivity contribution in [1.29, 1.82) is 0 Å². The normalized spacial score (nSPS) is 17.3. The predicted molar refractivity (Wildman–Crippen MR) is 97.0 cm³/mol. The molecular formula is C20H21N3O3. The smallest absolute Gasteiger partial charge is 0.209 e. The first-order valence-electron chi connectivity index (χ1n) is 8.68. The summed E-state index contributed by atoms with van der Waals surface area (Å²) in [4.78, 5) is 10.7. The van der Waals surface area contributed by atoms with Gasteiger partial charge in [0.1, 0.15) is 17.6 Å². The topological polar surface area (TPSA) is 60.6 Å². The van der Waals surface area contributed by atoms with Crippen LogP contribution in [-0.4, -0.2) is 41.2 Å². The highest BCUT2D eigenvalue weighted by Gasteiger charge is 2.25. The van der Waals surface area contributed by atoms with Gasteiger partial charge in [-0.05, 0) is 42.8 Å². The summed E-state index contributed by atoms with van der Waals surface area (Å²) >= 11 is 0. The molecule has 1 saturated heterocycles. The lowest BCUT2D eigenvalue weighted by Crippen LogP contribution is -2.24. The monoisotopic (exact) mass is 351 g/mol. The van der Waals surface area contributed by atoms with Gasteiger partial charge in [-0.15, -0.1) is 0 Å². The second-order valence-corrected chi connectivity index (χ2v) is 6.29. The van der Waals surface area contributed by atoms with E-state index >= 15 is 0 Å². The van der Waals surface area contributed by atoms with E-state index in [1.807, 2.05) is 36.4 Å². The molecule has 1 aliphatic heterocycles. The highest BCUT2D eigenvalue weighted by molar-refractivity contribution is 5.57. The van der Waals surface area contributed by atoms with Crippen molar-refractivity contribution in [3.63, 3.8) is 0 Å². The number of aromatic nitrogens is 2. The number of likely N-dealkylation sites (tertiary alicyclic amines) is 1. The van der Waals surface area contributed by atoms with Crippen LogP contribution in [-0.2, 0) is 6.54 Å². The lowest BCUT2D eigenvalue weighted by molar-refractivity contribution is 0.193. The largest absolute Gasteiger partial charge is 0.497 e. The molecule has 0 aliphatic carbocycles. The minimum absolute atomic E-state index is 0.188. The van der Waals surface area contributed by atoms with Crippen molar-refractivity contribution in [3.05, 3.63) is 60.9 Å². The first kappa shape index (κ1) is 16.6. The van der Waals surface area contributed by atoms with Crippen molar-refractivity contribution >= 4 is 0 Å². The van der Waals surface area contributed by atoms with Crippen molar-refractivity contribution < 1.29 is 13.9 Å². The maximum Gasteiger partial charge on any atom is 0.209 e. The van der Waals surface area contributed by atoms with E-state index in [2.05, 4.69) is 14.9 Å². The number of methoxy groups -OCH3 is 1. The van der Waals surface area contributed by atoms with Gasteiger partial charge in [-0.1, -0.05) is 0 Å². The Bertz CT molecular complexity index is 833. The van der Waals surface area contributed by atoms with Crippen LogP contribution in [0.25, 0.3) is 11.3 Å². The van der Waals surface area contributed by atoms with Crippen molar-refractivity contribution in [3.8, 4) is 22.8 Å². The second kappa shape index (κ2) is 7.58. The van der Waals surface area contributed by atoms with Crippen molar-refractivity contribution in [1.82, 2.24) is 14.9 Å². The first-order chi connectivity index (χ1) is 12.8. The van der Waals surface area contributed by atoms with Crippen LogP contribution in [0, 0.1) is 0 Å². The molecule has 26 heavy (non-hydrogen) atoms. The zero-order valence-corrected chi connectivity index (χ0v) is 14.7. The van der Waals surface area contributed by atoms with E-state index in [0.717, 1.165) is 48.2 Å². The predicted octanol–water partition coefficient (Wildman–Crippen LogP) is 3.40. The van der Waals surface area contributed by atoms with Gasteiger partial charge in [0.25, 0.3) is 0 Å². The number of rotatable bonds is 6. The lowest BCUT2D eigenvalue weighted by Gasteiger charge is -2.15. The summed E-state index contributed by atoms with van der Waals surface area (Å²) < 4.78 is 17.1. The van der Waals surface area contributed by atoms with E-state index < -0.39 is 0 Å². The number of oxazole rings is 1. The van der Waals surface area contributed by atoms with E-state index in [1.165, 1.54) is 0 Å². The van der Waals surface area contributed by atoms with E-state index in [0.29, 0.717) is 6.54 Å². The molecule has 1 atom stereocenters. The van der Waals surface area contributed by atoms with E-state index in [-0.39, 0.29) is 6.10 Å². The number of hydrogen-bond donors (Lipinski definition) is 0. The maximum absolute atomic E-state index is 6.00. The Morgan fingerprint density at radius 2 is 1.92 bits per heavy atom. The van der Waals surface area contributed by atoms with Crippen LogP contribution in [0.4, 0.5) is 0 Å². The molecule has 0 amide bonds. The molecule has 3 heterocycles. The molecular weight excluding hydrogens is 330 g/mol. The average molecular weight is 351 g/mol. The van der Waals surface area contributed by atoms with Gasteiger partial charge < -0.3 is 13.9 Å². The molecule has 6 nitrogen and oxygen atoms in total. The maximum atomic E-state index is 6.00. The molecule has 134 valence electrons. The fourth-order valence-corrected chi connectivity index (χ4v) is 3.11. The summed E-state index contributed by atoms with van der Waals surface area (Å²) in [6, 6.07) is 11.5. The fourth-order valence-electron chi connectivity index (χ4n) is 3.11. The third-order valence-electron chi connectivity index (χ3n) is 4.47. The Kier molecular flexibility index (Phi) is 4.84. The quantitative estimate of drug-likeness (QED) is 0.678. The minimum atomic E-state index is 0.188. The molecule has 3 aromatic rings. The molecule has 0 spiro atoms. The number of hydrogen-bond acceptors (Lipinski definition) is 6. The van der Waals surface area contributed by atoms with Gasteiger partial charge in [-0.3, -0.25) is 9.88 Å². The van der Waals surface area contributed by atoms with Gasteiger partial charge in [0.2, 0.25) is 5.89 Å². The fraction of sp³-hybridized carbons (Fsp3) is 0.300. The van der Waals surface area contributed by atoms with Crippen molar-refractivity contribution in [2.75, 3.05) is 20.2 Å². The number of ether oxygens (including phenoxy) is 2. The highest BCUT2D eigenvalue weighted by Crippen LogP contribution is 2.24. The van der Waals surface area contributed by atoms with Crippen LogP contribution in [0.5, 0.6) is 11.5 Å². The Morgan fingerprint density at radius 3 is 2.69 bits per heavy atom. The third kappa shape index (κ3) is 3.86. The zero-order chi connectivity index (χ0) is 17.8. The third-order valence-corrected chi connectivity index (χ3v) is 4.47.